The van der Waals surface area contributed by atoms with E-state index in [-0.39, 0.29) is 5.69 Å². The molecule has 0 bridgehead atoms. The minimum Gasteiger partial charge on any atom is -0.476 e. The smallest absolute Gasteiger partial charge is 0.358 e. The molecule has 0 amide bonds. The molecule has 0 radical (unpaired) electrons. The average Bonchev–Trinajstić information content (AvgIpc) is 2.82. The lowest BCUT2D eigenvalue weighted by Crippen LogP contribution is -2.09. The molecule has 0 fully saturated rings. The Labute approximate surface area is 124 Å². The van der Waals surface area contributed by atoms with Crippen LogP contribution >= 0.6 is 0 Å². The van der Waals surface area contributed by atoms with Crippen molar-refractivity contribution in [2.24, 2.45) is 0 Å². The Morgan fingerprint density at radius 1 is 1.33 bits per heavy atom. The van der Waals surface area contributed by atoms with Gasteiger partial charge in [0.05, 0.1) is 5.69 Å². The van der Waals surface area contributed by atoms with Gasteiger partial charge in [0.25, 0.3) is 0 Å². The average molecular weight is 287 g/mol. The van der Waals surface area contributed by atoms with Crippen LogP contribution in [-0.2, 0) is 13.0 Å². The Morgan fingerprint density at radius 3 is 2.81 bits per heavy atom. The van der Waals surface area contributed by atoms with Gasteiger partial charge in [-0.3, -0.25) is 0 Å². The maximum absolute atomic E-state index is 11.3. The molecule has 112 valence electrons. The van der Waals surface area contributed by atoms with Crippen molar-refractivity contribution in [1.82, 2.24) is 15.0 Å². The fourth-order valence-electron chi connectivity index (χ4n) is 2.38. The maximum Gasteiger partial charge on any atom is 0.358 e. The first-order valence-electron chi connectivity index (χ1n) is 7.33. The zero-order chi connectivity index (χ0) is 15.2. The first kappa shape index (κ1) is 15.2. The summed E-state index contributed by atoms with van der Waals surface area (Å²) in [7, 11) is 0. The Bertz CT molecular complexity index is 620. The van der Waals surface area contributed by atoms with E-state index in [4.69, 9.17) is 0 Å². The van der Waals surface area contributed by atoms with Gasteiger partial charge in [-0.1, -0.05) is 54.8 Å². The van der Waals surface area contributed by atoms with E-state index in [0.717, 1.165) is 36.9 Å². The van der Waals surface area contributed by atoms with Crippen molar-refractivity contribution in [1.29, 1.82) is 0 Å². The molecular weight excluding hydrogens is 266 g/mol. The summed E-state index contributed by atoms with van der Waals surface area (Å²) in [5, 5.41) is 17.1. The molecule has 1 heterocycles. The Hall–Kier alpha value is -2.17. The fraction of sp³-hybridized carbons (Fsp3) is 0.438. The third kappa shape index (κ3) is 3.90. The van der Waals surface area contributed by atoms with Gasteiger partial charge in [0.2, 0.25) is 0 Å². The first-order chi connectivity index (χ1) is 10.1. The summed E-state index contributed by atoms with van der Waals surface area (Å²) in [5.41, 5.74) is 2.99. The number of hydrogen-bond donors (Lipinski definition) is 1. The van der Waals surface area contributed by atoms with Crippen LogP contribution in [0.2, 0.25) is 0 Å². The summed E-state index contributed by atoms with van der Waals surface area (Å²) in [6, 6.07) is 8.08. The first-order valence-corrected chi connectivity index (χ1v) is 7.33. The molecule has 2 rings (SSSR count). The molecule has 5 heteroatoms. The summed E-state index contributed by atoms with van der Waals surface area (Å²) in [6.45, 7) is 4.88. The van der Waals surface area contributed by atoms with Crippen LogP contribution in [-0.4, -0.2) is 26.1 Å². The van der Waals surface area contributed by atoms with Crippen LogP contribution in [0.25, 0.3) is 0 Å². The van der Waals surface area contributed by atoms with Crippen molar-refractivity contribution in [3.8, 4) is 0 Å². The van der Waals surface area contributed by atoms with Crippen LogP contribution in [0, 0.1) is 6.92 Å². The molecule has 0 aliphatic rings. The van der Waals surface area contributed by atoms with E-state index in [0.29, 0.717) is 12.1 Å². The third-order valence-electron chi connectivity index (χ3n) is 3.47. The summed E-state index contributed by atoms with van der Waals surface area (Å²) in [6.07, 6.45) is 3.75. The molecular formula is C16H21N3O2. The molecule has 0 saturated heterocycles. The highest BCUT2D eigenvalue weighted by Gasteiger charge is 2.19. The van der Waals surface area contributed by atoms with Crippen molar-refractivity contribution in [3.05, 3.63) is 46.8 Å². The van der Waals surface area contributed by atoms with Gasteiger partial charge >= 0.3 is 5.97 Å². The largest absolute Gasteiger partial charge is 0.476 e. The molecule has 0 unspecified atom stereocenters. The number of benzene rings is 1. The van der Waals surface area contributed by atoms with Crippen molar-refractivity contribution < 1.29 is 9.90 Å². The number of aromatic nitrogens is 3. The number of aryl methyl sites for hydroxylation is 2. The number of rotatable bonds is 7. The van der Waals surface area contributed by atoms with E-state index >= 15 is 0 Å². The predicted molar refractivity (Wildman–Crippen MR) is 80.5 cm³/mol. The van der Waals surface area contributed by atoms with Gasteiger partial charge in [-0.15, -0.1) is 5.10 Å². The molecule has 0 atom stereocenters. The van der Waals surface area contributed by atoms with Gasteiger partial charge in [-0.25, -0.2) is 9.48 Å². The summed E-state index contributed by atoms with van der Waals surface area (Å²) < 4.78 is 1.74. The summed E-state index contributed by atoms with van der Waals surface area (Å²) >= 11 is 0. The predicted octanol–water partition coefficient (Wildman–Crippen LogP) is 3.07. The van der Waals surface area contributed by atoms with Gasteiger partial charge in [0.15, 0.2) is 5.69 Å². The molecule has 0 aliphatic heterocycles. The van der Waals surface area contributed by atoms with Crippen molar-refractivity contribution >= 4 is 5.97 Å². The van der Waals surface area contributed by atoms with Gasteiger partial charge in [-0.05, 0) is 18.9 Å². The number of aromatic carboxylic acids is 1. The third-order valence-corrected chi connectivity index (χ3v) is 3.47. The topological polar surface area (TPSA) is 68.0 Å². The van der Waals surface area contributed by atoms with E-state index < -0.39 is 5.97 Å². The molecule has 0 aliphatic carbocycles. The quantitative estimate of drug-likeness (QED) is 0.795. The lowest BCUT2D eigenvalue weighted by atomic mass is 10.1. The molecule has 5 nitrogen and oxygen atoms in total. The van der Waals surface area contributed by atoms with Crippen LogP contribution in [0.1, 0.15) is 53.5 Å². The van der Waals surface area contributed by atoms with E-state index in [2.05, 4.69) is 23.3 Å². The van der Waals surface area contributed by atoms with Gasteiger partial charge in [0, 0.05) is 13.0 Å². The second-order valence-corrected chi connectivity index (χ2v) is 5.29. The molecule has 0 spiro atoms. The van der Waals surface area contributed by atoms with E-state index in [1.165, 1.54) is 0 Å². The number of carboxylic acids is 1. The van der Waals surface area contributed by atoms with E-state index in [1.54, 1.807) is 4.68 Å². The Kier molecular flexibility index (Phi) is 5.09. The summed E-state index contributed by atoms with van der Waals surface area (Å²) in [4.78, 5) is 11.3. The van der Waals surface area contributed by atoms with Crippen molar-refractivity contribution in [2.75, 3.05) is 0 Å². The van der Waals surface area contributed by atoms with Gasteiger partial charge in [-0.2, -0.15) is 0 Å². The normalized spacial score (nSPS) is 10.8. The minimum atomic E-state index is -1.01. The van der Waals surface area contributed by atoms with Crippen LogP contribution < -0.4 is 0 Å². The van der Waals surface area contributed by atoms with Gasteiger partial charge < -0.3 is 5.11 Å². The minimum absolute atomic E-state index is 0.0630. The van der Waals surface area contributed by atoms with Gasteiger partial charge in [0.1, 0.15) is 0 Å². The molecule has 1 aromatic heterocycles. The highest BCUT2D eigenvalue weighted by Crippen LogP contribution is 2.15. The van der Waals surface area contributed by atoms with Crippen molar-refractivity contribution in [2.45, 2.75) is 46.1 Å². The van der Waals surface area contributed by atoms with Crippen molar-refractivity contribution in [3.63, 3.8) is 0 Å². The standard InChI is InChI=1S/C16H21N3O2/c1-3-4-5-9-19-14(15(16(20)21)17-18-19)11-13-8-6-7-12(2)10-13/h6-8,10H,3-5,9,11H2,1-2H3,(H,20,21). The lowest BCUT2D eigenvalue weighted by molar-refractivity contribution is 0.0689. The second kappa shape index (κ2) is 7.02. The Balaban J connectivity index is 2.25. The van der Waals surface area contributed by atoms with Crippen LogP contribution in [0.4, 0.5) is 0 Å². The maximum atomic E-state index is 11.3. The molecule has 0 saturated carbocycles. The van der Waals surface area contributed by atoms with E-state index in [1.807, 2.05) is 25.1 Å². The van der Waals surface area contributed by atoms with Crippen LogP contribution in [0.3, 0.4) is 0 Å². The molecule has 1 N–H and O–H groups in total. The SMILES string of the molecule is CCCCCn1nnc(C(=O)O)c1Cc1cccc(C)c1. The van der Waals surface area contributed by atoms with E-state index in [9.17, 15) is 9.90 Å². The second-order valence-electron chi connectivity index (χ2n) is 5.29. The molecule has 1 aromatic carbocycles. The Morgan fingerprint density at radius 2 is 2.14 bits per heavy atom. The monoisotopic (exact) mass is 287 g/mol. The van der Waals surface area contributed by atoms with Crippen LogP contribution in [0.5, 0.6) is 0 Å². The highest BCUT2D eigenvalue weighted by molar-refractivity contribution is 5.86. The fourth-order valence-corrected chi connectivity index (χ4v) is 2.38. The zero-order valence-corrected chi connectivity index (χ0v) is 12.5. The van der Waals surface area contributed by atoms with Crippen LogP contribution in [0.15, 0.2) is 24.3 Å². The number of carbonyl (C=O) groups is 1. The molecule has 21 heavy (non-hydrogen) atoms. The zero-order valence-electron chi connectivity index (χ0n) is 12.5. The summed E-state index contributed by atoms with van der Waals surface area (Å²) in [5.74, 6) is -1.01. The number of unbranched alkanes of at least 4 members (excludes halogenated alkanes) is 2. The highest BCUT2D eigenvalue weighted by atomic mass is 16.4. The molecule has 2 aromatic rings. The number of nitrogens with zero attached hydrogens (tertiary/aromatic N) is 3. The number of hydrogen-bond acceptors (Lipinski definition) is 3. The lowest BCUT2D eigenvalue weighted by Gasteiger charge is -2.07. The number of carboxylic acid groups (broad SMARTS) is 1.